The summed E-state index contributed by atoms with van der Waals surface area (Å²) in [5.74, 6) is -0.927. The highest BCUT2D eigenvalue weighted by atomic mass is 16.6. The lowest BCUT2D eigenvalue weighted by atomic mass is 10.0. The molecular formula is C57H102O6. The van der Waals surface area contributed by atoms with Gasteiger partial charge in [0.1, 0.15) is 13.2 Å². The second-order valence-electron chi connectivity index (χ2n) is 18.1. The maximum absolute atomic E-state index is 12.8. The highest BCUT2D eigenvalue weighted by molar-refractivity contribution is 5.71. The summed E-state index contributed by atoms with van der Waals surface area (Å²) in [4.78, 5) is 38.0. The second kappa shape index (κ2) is 52.0. The van der Waals surface area contributed by atoms with Crippen molar-refractivity contribution in [2.45, 2.75) is 284 Å². The molecule has 0 N–H and O–H groups in total. The molecule has 0 aliphatic rings. The van der Waals surface area contributed by atoms with Gasteiger partial charge in [-0.25, -0.2) is 0 Å². The van der Waals surface area contributed by atoms with E-state index < -0.39 is 6.10 Å². The third kappa shape index (κ3) is 50.2. The molecule has 0 aromatic rings. The maximum atomic E-state index is 12.8. The Morgan fingerprint density at radius 1 is 0.317 bits per heavy atom. The monoisotopic (exact) mass is 883 g/mol. The first-order valence-electron chi connectivity index (χ1n) is 27.1. The van der Waals surface area contributed by atoms with Crippen LogP contribution in [0.25, 0.3) is 0 Å². The van der Waals surface area contributed by atoms with Gasteiger partial charge in [-0.1, -0.05) is 230 Å². The van der Waals surface area contributed by atoms with E-state index in [1.54, 1.807) is 0 Å². The van der Waals surface area contributed by atoms with Crippen LogP contribution in [0.3, 0.4) is 0 Å². The molecule has 0 amide bonds. The molecule has 0 heterocycles. The Kier molecular flexibility index (Phi) is 49.8. The Morgan fingerprint density at radius 3 is 1.02 bits per heavy atom. The minimum Gasteiger partial charge on any atom is -0.462 e. The summed E-state index contributed by atoms with van der Waals surface area (Å²) < 4.78 is 16.8. The SMILES string of the molecule is CCCC/C=C\CCCCCCCC(=O)O[C@H](COC(=O)CCCC/C=C\C/C=C\C/C=C\CCCCC)COC(=O)CCCCCCCCCCCCCCCCCCCCC. The summed E-state index contributed by atoms with van der Waals surface area (Å²) in [6.45, 7) is 6.55. The van der Waals surface area contributed by atoms with Gasteiger partial charge < -0.3 is 14.2 Å². The summed E-state index contributed by atoms with van der Waals surface area (Å²) in [5.41, 5.74) is 0. The average molecular weight is 883 g/mol. The normalized spacial score (nSPS) is 12.4. The van der Waals surface area contributed by atoms with Crippen molar-refractivity contribution in [3.63, 3.8) is 0 Å². The lowest BCUT2D eigenvalue weighted by Gasteiger charge is -2.18. The predicted molar refractivity (Wildman–Crippen MR) is 270 cm³/mol. The van der Waals surface area contributed by atoms with Crippen molar-refractivity contribution in [1.29, 1.82) is 0 Å². The van der Waals surface area contributed by atoms with Gasteiger partial charge in [0.15, 0.2) is 6.10 Å². The molecule has 0 unspecified atom stereocenters. The third-order valence-corrected chi connectivity index (χ3v) is 11.8. The molecule has 0 aliphatic heterocycles. The van der Waals surface area contributed by atoms with Gasteiger partial charge in [-0.3, -0.25) is 14.4 Å². The molecule has 6 heteroatoms. The van der Waals surface area contributed by atoms with E-state index in [2.05, 4.69) is 69.4 Å². The van der Waals surface area contributed by atoms with Crippen LogP contribution in [0.4, 0.5) is 0 Å². The molecule has 366 valence electrons. The van der Waals surface area contributed by atoms with Gasteiger partial charge in [0, 0.05) is 19.3 Å². The number of carbonyl (C=O) groups is 3. The first-order chi connectivity index (χ1) is 31.0. The van der Waals surface area contributed by atoms with Crippen LogP contribution in [-0.2, 0) is 28.6 Å². The zero-order valence-electron chi connectivity index (χ0n) is 41.8. The number of hydrogen-bond donors (Lipinski definition) is 0. The molecule has 0 rings (SSSR count). The molecule has 0 aromatic heterocycles. The Hall–Kier alpha value is -2.63. The third-order valence-electron chi connectivity index (χ3n) is 11.8. The first kappa shape index (κ1) is 60.4. The van der Waals surface area contributed by atoms with Crippen molar-refractivity contribution in [3.8, 4) is 0 Å². The molecule has 0 aromatic carbocycles. The molecule has 63 heavy (non-hydrogen) atoms. The molecule has 0 fully saturated rings. The van der Waals surface area contributed by atoms with Crippen LogP contribution in [-0.4, -0.2) is 37.2 Å². The van der Waals surface area contributed by atoms with E-state index in [0.29, 0.717) is 19.3 Å². The van der Waals surface area contributed by atoms with Crippen LogP contribution in [0.1, 0.15) is 278 Å². The number of esters is 3. The maximum Gasteiger partial charge on any atom is 0.306 e. The van der Waals surface area contributed by atoms with Crippen molar-refractivity contribution >= 4 is 17.9 Å². The van der Waals surface area contributed by atoms with Crippen molar-refractivity contribution in [1.82, 2.24) is 0 Å². The van der Waals surface area contributed by atoms with Gasteiger partial charge in [-0.05, 0) is 77.0 Å². The number of allylic oxidation sites excluding steroid dienone is 8. The molecule has 6 nitrogen and oxygen atoms in total. The van der Waals surface area contributed by atoms with Crippen LogP contribution >= 0.6 is 0 Å². The fraction of sp³-hybridized carbons (Fsp3) is 0.807. The Bertz CT molecular complexity index is 1110. The van der Waals surface area contributed by atoms with Crippen LogP contribution in [0, 0.1) is 0 Å². The molecule has 1 atom stereocenters. The van der Waals surface area contributed by atoms with Crippen LogP contribution in [0.5, 0.6) is 0 Å². The van der Waals surface area contributed by atoms with Gasteiger partial charge in [0.05, 0.1) is 0 Å². The quantitative estimate of drug-likeness (QED) is 0.0262. The zero-order valence-corrected chi connectivity index (χ0v) is 41.8. The smallest absolute Gasteiger partial charge is 0.306 e. The molecule has 0 saturated heterocycles. The molecule has 0 bridgehead atoms. The highest BCUT2D eigenvalue weighted by Gasteiger charge is 2.19. The fourth-order valence-electron chi connectivity index (χ4n) is 7.67. The number of hydrogen-bond acceptors (Lipinski definition) is 6. The van der Waals surface area contributed by atoms with E-state index >= 15 is 0 Å². The van der Waals surface area contributed by atoms with Crippen LogP contribution in [0.2, 0.25) is 0 Å². The molecule has 0 aliphatic carbocycles. The summed E-state index contributed by atoms with van der Waals surface area (Å²) in [6.07, 6.45) is 62.5. The predicted octanol–water partition coefficient (Wildman–Crippen LogP) is 17.9. The zero-order chi connectivity index (χ0) is 45.8. The lowest BCUT2D eigenvalue weighted by Crippen LogP contribution is -2.30. The molecule has 0 spiro atoms. The van der Waals surface area contributed by atoms with Gasteiger partial charge >= 0.3 is 17.9 Å². The van der Waals surface area contributed by atoms with Crippen molar-refractivity contribution < 1.29 is 28.6 Å². The van der Waals surface area contributed by atoms with Crippen molar-refractivity contribution in [2.24, 2.45) is 0 Å². The summed E-state index contributed by atoms with van der Waals surface area (Å²) >= 11 is 0. The van der Waals surface area contributed by atoms with Crippen molar-refractivity contribution in [3.05, 3.63) is 48.6 Å². The number of ether oxygens (including phenoxy) is 3. The topological polar surface area (TPSA) is 78.9 Å². The minimum absolute atomic E-state index is 0.0861. The standard InChI is InChI=1S/C57H102O6/c1-4-7-10-13-16-19-22-24-26-27-28-29-31-33-36-38-41-44-47-50-56(59)62-53-54(63-57(60)51-48-45-42-39-34-21-18-15-12-9-6-3)52-61-55(58)49-46-43-40-37-35-32-30-25-23-20-17-14-11-8-5-2/h15,17-18,20,25,30,35,37,54H,4-14,16,19,21-24,26-29,31-34,36,38-53H2,1-3H3/b18-15-,20-17-,30-25-,37-35-/t54-/m1/s1. The van der Waals surface area contributed by atoms with Gasteiger partial charge in [-0.15, -0.1) is 0 Å². The van der Waals surface area contributed by atoms with E-state index in [9.17, 15) is 14.4 Å². The van der Waals surface area contributed by atoms with Crippen LogP contribution < -0.4 is 0 Å². The molecule has 0 radical (unpaired) electrons. The Labute approximate surface area is 390 Å². The van der Waals surface area contributed by atoms with Crippen LogP contribution in [0.15, 0.2) is 48.6 Å². The Balaban J connectivity index is 4.34. The second-order valence-corrected chi connectivity index (χ2v) is 18.1. The van der Waals surface area contributed by atoms with E-state index in [1.165, 1.54) is 154 Å². The van der Waals surface area contributed by atoms with Gasteiger partial charge in [0.2, 0.25) is 0 Å². The summed E-state index contributed by atoms with van der Waals surface area (Å²) in [6, 6.07) is 0. The first-order valence-corrected chi connectivity index (χ1v) is 27.1. The number of unbranched alkanes of at least 4 members (excludes halogenated alkanes) is 30. The minimum atomic E-state index is -0.789. The fourth-order valence-corrected chi connectivity index (χ4v) is 7.67. The van der Waals surface area contributed by atoms with Gasteiger partial charge in [0.25, 0.3) is 0 Å². The van der Waals surface area contributed by atoms with E-state index in [0.717, 1.165) is 83.5 Å². The number of carbonyl (C=O) groups excluding carboxylic acids is 3. The molecular weight excluding hydrogens is 781 g/mol. The summed E-state index contributed by atoms with van der Waals surface area (Å²) in [7, 11) is 0. The Morgan fingerprint density at radius 2 is 0.587 bits per heavy atom. The van der Waals surface area contributed by atoms with E-state index in [-0.39, 0.29) is 31.1 Å². The lowest BCUT2D eigenvalue weighted by molar-refractivity contribution is -0.167. The largest absolute Gasteiger partial charge is 0.462 e. The van der Waals surface area contributed by atoms with E-state index in [4.69, 9.17) is 14.2 Å². The van der Waals surface area contributed by atoms with Gasteiger partial charge in [-0.2, -0.15) is 0 Å². The van der Waals surface area contributed by atoms with E-state index in [1.807, 2.05) is 0 Å². The highest BCUT2D eigenvalue weighted by Crippen LogP contribution is 2.16. The van der Waals surface area contributed by atoms with Crippen molar-refractivity contribution in [2.75, 3.05) is 13.2 Å². The average Bonchev–Trinajstić information content (AvgIpc) is 3.28. The number of rotatable bonds is 49. The molecule has 0 saturated carbocycles. The summed E-state index contributed by atoms with van der Waals surface area (Å²) in [5, 5.41) is 0.